The van der Waals surface area contributed by atoms with Crippen LogP contribution in [0.2, 0.25) is 0 Å². The van der Waals surface area contributed by atoms with E-state index in [1.165, 1.54) is 41.5 Å². The van der Waals surface area contributed by atoms with Gasteiger partial charge in [-0.25, -0.2) is 14.6 Å². The molecule has 0 aliphatic carbocycles. The van der Waals surface area contributed by atoms with Crippen molar-refractivity contribution < 1.29 is 33.5 Å². The number of fused-ring (bicyclic) bond motifs is 2. The number of para-hydroxylation sites is 3. The lowest BCUT2D eigenvalue weighted by molar-refractivity contribution is -0.150. The van der Waals surface area contributed by atoms with Gasteiger partial charge in [-0.1, -0.05) is 72.4 Å². The lowest BCUT2D eigenvalue weighted by atomic mass is 10.0. The highest BCUT2D eigenvalue weighted by Crippen LogP contribution is 2.41. The van der Waals surface area contributed by atoms with Crippen LogP contribution in [-0.2, 0) is 25.6 Å². The van der Waals surface area contributed by atoms with Gasteiger partial charge < -0.3 is 20.2 Å². The molecular formula is C34H29N5O7S2. The van der Waals surface area contributed by atoms with E-state index in [1.54, 1.807) is 36.4 Å². The average Bonchev–Trinajstić information content (AvgIpc) is 3.52. The van der Waals surface area contributed by atoms with Crippen molar-refractivity contribution in [2.75, 3.05) is 23.9 Å². The van der Waals surface area contributed by atoms with Crippen LogP contribution in [-0.4, -0.2) is 79.6 Å². The fraction of sp³-hybridized carbons (Fsp3) is 0.176. The van der Waals surface area contributed by atoms with Crippen LogP contribution < -0.4 is 10.6 Å². The number of imide groups is 1. The van der Waals surface area contributed by atoms with Crippen LogP contribution in [0.1, 0.15) is 11.1 Å². The highest BCUT2D eigenvalue weighted by molar-refractivity contribution is 8.01. The molecule has 0 spiro atoms. The SMILES string of the molecule is CN(C(=O)/C=C/c1ccccc1)C(=O)Nc1ccccc1CC(=O)NC1C(=O)N2C(C(=O)O)=C(CSc3nc4ccccc4o3)CS[C@H]12. The summed E-state index contributed by atoms with van der Waals surface area (Å²) in [6.07, 6.45) is 2.73. The van der Waals surface area contributed by atoms with Crippen molar-refractivity contribution in [1.29, 1.82) is 0 Å². The Morgan fingerprint density at radius 1 is 1.06 bits per heavy atom. The summed E-state index contributed by atoms with van der Waals surface area (Å²) in [5.41, 5.74) is 3.38. The number of urea groups is 1. The molecule has 1 aromatic heterocycles. The highest BCUT2D eigenvalue weighted by Gasteiger charge is 2.54. The molecule has 3 N–H and O–H groups in total. The van der Waals surface area contributed by atoms with E-state index in [1.807, 2.05) is 48.5 Å². The molecule has 3 aromatic carbocycles. The zero-order valence-corrected chi connectivity index (χ0v) is 27.1. The minimum atomic E-state index is -1.23. The number of carboxylic acids is 1. The van der Waals surface area contributed by atoms with E-state index in [-0.39, 0.29) is 17.9 Å². The van der Waals surface area contributed by atoms with Crippen molar-refractivity contribution in [1.82, 2.24) is 20.1 Å². The molecule has 48 heavy (non-hydrogen) atoms. The smallest absolute Gasteiger partial charge is 0.352 e. The number of aliphatic carboxylic acids is 1. The number of oxazole rings is 1. The zero-order chi connectivity index (χ0) is 33.8. The van der Waals surface area contributed by atoms with Crippen molar-refractivity contribution in [2.24, 2.45) is 0 Å². The maximum atomic E-state index is 13.2. The molecule has 0 bridgehead atoms. The monoisotopic (exact) mass is 683 g/mol. The van der Waals surface area contributed by atoms with Crippen LogP contribution in [0.25, 0.3) is 17.2 Å². The van der Waals surface area contributed by atoms with Crippen LogP contribution in [0.5, 0.6) is 0 Å². The number of hydrogen-bond donors (Lipinski definition) is 3. The first-order valence-corrected chi connectivity index (χ1v) is 16.8. The van der Waals surface area contributed by atoms with Gasteiger partial charge in [0, 0.05) is 30.3 Å². The molecule has 0 radical (unpaired) electrons. The summed E-state index contributed by atoms with van der Waals surface area (Å²) in [7, 11) is 1.35. The Labute approximate surface area is 283 Å². The molecule has 4 aromatic rings. The lowest BCUT2D eigenvalue weighted by Crippen LogP contribution is -2.70. The molecule has 12 nitrogen and oxygen atoms in total. The van der Waals surface area contributed by atoms with Gasteiger partial charge in [0.25, 0.3) is 17.0 Å². The van der Waals surface area contributed by atoms with E-state index in [0.717, 1.165) is 10.5 Å². The molecule has 6 rings (SSSR count). The van der Waals surface area contributed by atoms with E-state index >= 15 is 0 Å². The first-order chi connectivity index (χ1) is 23.2. The summed E-state index contributed by atoms with van der Waals surface area (Å²) in [5.74, 6) is -2.15. The van der Waals surface area contributed by atoms with Crippen molar-refractivity contribution >= 4 is 76.1 Å². The number of carbonyl (C=O) groups is 5. The summed E-state index contributed by atoms with van der Waals surface area (Å²) in [4.78, 5) is 70.6. The number of amides is 5. The summed E-state index contributed by atoms with van der Waals surface area (Å²) in [5, 5.41) is 15.2. The van der Waals surface area contributed by atoms with Gasteiger partial charge in [-0.3, -0.25) is 24.2 Å². The van der Waals surface area contributed by atoms with E-state index in [9.17, 15) is 29.1 Å². The van der Waals surface area contributed by atoms with Crippen LogP contribution in [0, 0.1) is 0 Å². The minimum Gasteiger partial charge on any atom is -0.477 e. The normalized spacial score (nSPS) is 17.2. The zero-order valence-electron chi connectivity index (χ0n) is 25.5. The largest absolute Gasteiger partial charge is 0.477 e. The average molecular weight is 684 g/mol. The van der Waals surface area contributed by atoms with Crippen molar-refractivity contribution in [3.8, 4) is 0 Å². The van der Waals surface area contributed by atoms with Crippen LogP contribution in [0.4, 0.5) is 10.5 Å². The molecule has 14 heteroatoms. The molecule has 2 aliphatic rings. The van der Waals surface area contributed by atoms with Gasteiger partial charge in [-0.05, 0) is 41.0 Å². The minimum absolute atomic E-state index is 0.0943. The quantitative estimate of drug-likeness (QED) is 0.122. The number of carbonyl (C=O) groups excluding carboxylic acids is 4. The molecular weight excluding hydrogens is 655 g/mol. The maximum Gasteiger partial charge on any atom is 0.352 e. The molecule has 2 atom stereocenters. The number of likely N-dealkylation sites (N-methyl/N-ethyl adjacent to an activating group) is 1. The Hall–Kier alpha value is -5.34. The third-order valence-electron chi connectivity index (χ3n) is 7.67. The molecule has 1 fully saturated rings. The number of nitrogens with one attached hydrogen (secondary N) is 2. The number of anilines is 1. The van der Waals surface area contributed by atoms with E-state index in [0.29, 0.717) is 38.9 Å². The van der Waals surface area contributed by atoms with Gasteiger partial charge >= 0.3 is 12.0 Å². The molecule has 3 heterocycles. The predicted octanol–water partition coefficient (Wildman–Crippen LogP) is 4.60. The summed E-state index contributed by atoms with van der Waals surface area (Å²) in [6.45, 7) is 0. The van der Waals surface area contributed by atoms with Gasteiger partial charge in [0.1, 0.15) is 22.6 Å². The van der Waals surface area contributed by atoms with Gasteiger partial charge in [0.2, 0.25) is 5.91 Å². The van der Waals surface area contributed by atoms with Crippen LogP contribution >= 0.6 is 23.5 Å². The number of β-lactam (4-membered cyclic amide) rings is 1. The number of rotatable bonds is 10. The Morgan fingerprint density at radius 3 is 2.56 bits per heavy atom. The number of benzene rings is 3. The molecule has 1 saturated heterocycles. The molecule has 5 amide bonds. The summed E-state index contributed by atoms with van der Waals surface area (Å²) < 4.78 is 5.73. The second kappa shape index (κ2) is 14.2. The first kappa shape index (κ1) is 32.6. The first-order valence-electron chi connectivity index (χ1n) is 14.8. The van der Waals surface area contributed by atoms with Crippen LogP contribution in [0.3, 0.4) is 0 Å². The van der Waals surface area contributed by atoms with E-state index < -0.39 is 41.1 Å². The third kappa shape index (κ3) is 6.99. The number of carboxylic acid groups (broad SMARTS) is 1. The number of thioether (sulfide) groups is 2. The van der Waals surface area contributed by atoms with Crippen LogP contribution in [0.15, 0.2) is 106 Å². The molecule has 0 saturated carbocycles. The third-order valence-corrected chi connectivity index (χ3v) is 9.93. The molecule has 1 unspecified atom stereocenters. The van der Waals surface area contributed by atoms with Gasteiger partial charge in [0.05, 0.1) is 6.42 Å². The molecule has 244 valence electrons. The maximum absolute atomic E-state index is 13.2. The summed E-state index contributed by atoms with van der Waals surface area (Å²) in [6, 6.07) is 21.5. The predicted molar refractivity (Wildman–Crippen MR) is 182 cm³/mol. The Balaban J connectivity index is 1.06. The van der Waals surface area contributed by atoms with Gasteiger partial charge in [-0.2, -0.15) is 0 Å². The van der Waals surface area contributed by atoms with Gasteiger partial charge in [-0.15, -0.1) is 11.8 Å². The molecule has 2 aliphatic heterocycles. The van der Waals surface area contributed by atoms with E-state index in [4.69, 9.17) is 4.42 Å². The number of hydrogen-bond acceptors (Lipinski definition) is 9. The van der Waals surface area contributed by atoms with Crippen molar-refractivity contribution in [3.05, 3.63) is 107 Å². The number of aromatic nitrogens is 1. The highest BCUT2D eigenvalue weighted by atomic mass is 32.2. The Morgan fingerprint density at radius 2 is 1.79 bits per heavy atom. The van der Waals surface area contributed by atoms with Crippen molar-refractivity contribution in [2.45, 2.75) is 23.1 Å². The second-order valence-electron chi connectivity index (χ2n) is 10.9. The summed E-state index contributed by atoms with van der Waals surface area (Å²) >= 11 is 2.62. The Bertz CT molecular complexity index is 1940. The van der Waals surface area contributed by atoms with E-state index in [2.05, 4.69) is 15.6 Å². The second-order valence-corrected chi connectivity index (χ2v) is 12.9. The standard InChI is InChI=1S/C34H29N5O7S2/c1-38(27(41)16-15-20-9-3-2-4-10-20)33(45)35-23-12-6-5-11-21(23)17-26(40)37-28-30(42)39-29(32(43)44)22(18-47-31(28)39)19-48-34-36-24-13-7-8-14-25(24)46-34/h2-16,28,31H,17-19H2,1H3,(H,35,45)(H,37,40)(H,43,44)/b16-15+/t28?,31-/m1/s1. The fourth-order valence-electron chi connectivity index (χ4n) is 5.19. The Kier molecular flexibility index (Phi) is 9.64. The van der Waals surface area contributed by atoms with Gasteiger partial charge in [0.15, 0.2) is 5.58 Å². The lowest BCUT2D eigenvalue weighted by Gasteiger charge is -2.49. The topological polar surface area (TPSA) is 162 Å². The fourth-order valence-corrected chi connectivity index (χ4v) is 7.52. The number of nitrogens with zero attached hydrogens (tertiary/aromatic N) is 3. The van der Waals surface area contributed by atoms with Crippen molar-refractivity contribution in [3.63, 3.8) is 0 Å².